The van der Waals surface area contributed by atoms with E-state index in [2.05, 4.69) is 10.5 Å². The Labute approximate surface area is 163 Å². The van der Waals surface area contributed by atoms with E-state index >= 15 is 0 Å². The number of carbonyl (C=O) groups excluding carboxylic acids is 2. The number of aryl methyl sites for hydroxylation is 1. The summed E-state index contributed by atoms with van der Waals surface area (Å²) in [5, 5.41) is 3.97. The molecule has 2 aromatic rings. The van der Waals surface area contributed by atoms with Crippen molar-refractivity contribution in [2.75, 3.05) is 32.9 Å². The Hall–Kier alpha value is -3.19. The van der Waals surface area contributed by atoms with Crippen LogP contribution in [-0.4, -0.2) is 55.8 Å². The van der Waals surface area contributed by atoms with Crippen molar-refractivity contribution in [1.82, 2.24) is 10.3 Å². The standard InChI is InChI=1S/C21H23N3O4/c1-16-3-2-4-18(13-16)21(26)23-22-14-17-5-7-19(8-6-17)28-15-20(25)24-9-11-27-12-10-24/h2-8,13-14H,9-12,15H2,1H3,(H,23,26)/b22-14+. The van der Waals surface area contributed by atoms with Gasteiger partial charge in [0.2, 0.25) is 0 Å². The first kappa shape index (κ1) is 19.6. The predicted octanol–water partition coefficient (Wildman–Crippen LogP) is 2.00. The molecule has 1 saturated heterocycles. The lowest BCUT2D eigenvalue weighted by Crippen LogP contribution is -2.42. The van der Waals surface area contributed by atoms with Gasteiger partial charge in [-0.15, -0.1) is 0 Å². The number of ether oxygens (including phenoxy) is 2. The minimum Gasteiger partial charge on any atom is -0.484 e. The van der Waals surface area contributed by atoms with Crippen molar-refractivity contribution in [1.29, 1.82) is 0 Å². The van der Waals surface area contributed by atoms with E-state index in [9.17, 15) is 9.59 Å². The first-order valence-electron chi connectivity index (χ1n) is 9.10. The van der Waals surface area contributed by atoms with Gasteiger partial charge in [-0.25, -0.2) is 5.43 Å². The minimum absolute atomic E-state index is 0.0000142. The average Bonchev–Trinajstić information content (AvgIpc) is 2.73. The molecule has 1 fully saturated rings. The average molecular weight is 381 g/mol. The Morgan fingerprint density at radius 3 is 2.64 bits per heavy atom. The van der Waals surface area contributed by atoms with Crippen molar-refractivity contribution in [3.05, 3.63) is 65.2 Å². The fraction of sp³-hybridized carbons (Fsp3) is 0.286. The van der Waals surface area contributed by atoms with Gasteiger partial charge >= 0.3 is 0 Å². The Morgan fingerprint density at radius 2 is 1.93 bits per heavy atom. The molecular weight excluding hydrogens is 358 g/mol. The molecule has 0 spiro atoms. The summed E-state index contributed by atoms with van der Waals surface area (Å²) < 4.78 is 10.8. The molecule has 7 nitrogen and oxygen atoms in total. The van der Waals surface area contributed by atoms with Gasteiger partial charge in [-0.05, 0) is 48.9 Å². The van der Waals surface area contributed by atoms with E-state index in [0.717, 1.165) is 11.1 Å². The number of hydrogen-bond acceptors (Lipinski definition) is 5. The quantitative estimate of drug-likeness (QED) is 0.613. The van der Waals surface area contributed by atoms with Crippen molar-refractivity contribution in [3.8, 4) is 5.75 Å². The van der Waals surface area contributed by atoms with E-state index in [0.29, 0.717) is 37.6 Å². The van der Waals surface area contributed by atoms with E-state index in [4.69, 9.17) is 9.47 Å². The predicted molar refractivity (Wildman–Crippen MR) is 106 cm³/mol. The molecule has 0 atom stereocenters. The SMILES string of the molecule is Cc1cccc(C(=O)N/N=C/c2ccc(OCC(=O)N3CCOCC3)cc2)c1. The highest BCUT2D eigenvalue weighted by Crippen LogP contribution is 2.11. The van der Waals surface area contributed by atoms with Crippen molar-refractivity contribution < 1.29 is 19.1 Å². The second kappa shape index (κ2) is 9.66. The molecule has 7 heteroatoms. The van der Waals surface area contributed by atoms with Crippen LogP contribution in [0.2, 0.25) is 0 Å². The van der Waals surface area contributed by atoms with E-state index in [1.807, 2.05) is 19.1 Å². The van der Waals surface area contributed by atoms with Gasteiger partial charge in [-0.1, -0.05) is 17.7 Å². The molecule has 28 heavy (non-hydrogen) atoms. The maximum absolute atomic E-state index is 12.1. The number of rotatable bonds is 6. The summed E-state index contributed by atoms with van der Waals surface area (Å²) in [7, 11) is 0. The minimum atomic E-state index is -0.262. The highest BCUT2D eigenvalue weighted by Gasteiger charge is 2.17. The zero-order valence-corrected chi connectivity index (χ0v) is 15.8. The van der Waals surface area contributed by atoms with Crippen molar-refractivity contribution in [2.45, 2.75) is 6.92 Å². The summed E-state index contributed by atoms with van der Waals surface area (Å²) in [6.45, 7) is 4.27. The fourth-order valence-corrected chi connectivity index (χ4v) is 2.72. The van der Waals surface area contributed by atoms with Crippen LogP contribution in [0.25, 0.3) is 0 Å². The Bertz CT molecular complexity index is 843. The maximum atomic E-state index is 12.1. The van der Waals surface area contributed by atoms with E-state index in [-0.39, 0.29) is 18.4 Å². The molecule has 3 rings (SSSR count). The number of nitrogens with one attached hydrogen (secondary N) is 1. The normalized spacial score (nSPS) is 14.1. The van der Waals surface area contributed by atoms with Crippen LogP contribution in [0.5, 0.6) is 5.75 Å². The lowest BCUT2D eigenvalue weighted by molar-refractivity contribution is -0.137. The van der Waals surface area contributed by atoms with E-state index < -0.39 is 0 Å². The number of morpholine rings is 1. The molecule has 2 amide bonds. The van der Waals surface area contributed by atoms with Crippen LogP contribution in [-0.2, 0) is 9.53 Å². The van der Waals surface area contributed by atoms with Crippen LogP contribution < -0.4 is 10.2 Å². The number of carbonyl (C=O) groups is 2. The summed E-state index contributed by atoms with van der Waals surface area (Å²) >= 11 is 0. The van der Waals surface area contributed by atoms with Gasteiger partial charge in [0.05, 0.1) is 19.4 Å². The highest BCUT2D eigenvalue weighted by molar-refractivity contribution is 5.95. The van der Waals surface area contributed by atoms with Gasteiger partial charge in [-0.3, -0.25) is 9.59 Å². The number of benzene rings is 2. The molecule has 0 unspecified atom stereocenters. The third-order valence-corrected chi connectivity index (χ3v) is 4.27. The number of hydrazone groups is 1. The van der Waals surface area contributed by atoms with Gasteiger partial charge in [0.25, 0.3) is 11.8 Å². The fourth-order valence-electron chi connectivity index (χ4n) is 2.72. The summed E-state index contributed by atoms with van der Waals surface area (Å²) in [5.41, 5.74) is 4.88. The molecule has 146 valence electrons. The topological polar surface area (TPSA) is 80.2 Å². The Kier molecular flexibility index (Phi) is 6.75. The summed E-state index contributed by atoms with van der Waals surface area (Å²) in [4.78, 5) is 25.8. The molecule has 0 bridgehead atoms. The molecule has 2 aromatic carbocycles. The largest absolute Gasteiger partial charge is 0.484 e. The van der Waals surface area contributed by atoms with Crippen LogP contribution in [0.4, 0.5) is 0 Å². The number of nitrogens with zero attached hydrogens (tertiary/aromatic N) is 2. The van der Waals surface area contributed by atoms with Crippen LogP contribution in [0.3, 0.4) is 0 Å². The lowest BCUT2D eigenvalue weighted by atomic mass is 10.1. The second-order valence-electron chi connectivity index (χ2n) is 6.42. The van der Waals surface area contributed by atoms with Gasteiger partial charge in [0.1, 0.15) is 5.75 Å². The van der Waals surface area contributed by atoms with Crippen LogP contribution >= 0.6 is 0 Å². The molecule has 0 aromatic heterocycles. The third kappa shape index (κ3) is 5.65. The van der Waals surface area contributed by atoms with Crippen molar-refractivity contribution in [2.24, 2.45) is 5.10 Å². The van der Waals surface area contributed by atoms with Crippen LogP contribution in [0, 0.1) is 6.92 Å². The van der Waals surface area contributed by atoms with E-state index in [1.54, 1.807) is 47.5 Å². The molecule has 0 radical (unpaired) electrons. The molecule has 1 aliphatic heterocycles. The lowest BCUT2D eigenvalue weighted by Gasteiger charge is -2.26. The monoisotopic (exact) mass is 381 g/mol. The van der Waals surface area contributed by atoms with Gasteiger partial charge in [0.15, 0.2) is 6.61 Å². The van der Waals surface area contributed by atoms with Crippen molar-refractivity contribution >= 4 is 18.0 Å². The zero-order valence-electron chi connectivity index (χ0n) is 15.8. The summed E-state index contributed by atoms with van der Waals surface area (Å²) in [5.74, 6) is 0.289. The molecular formula is C21H23N3O4. The smallest absolute Gasteiger partial charge is 0.271 e. The second-order valence-corrected chi connectivity index (χ2v) is 6.42. The first-order valence-corrected chi connectivity index (χ1v) is 9.10. The zero-order chi connectivity index (χ0) is 19.8. The molecule has 1 aliphatic rings. The number of hydrogen-bond donors (Lipinski definition) is 1. The Balaban J connectivity index is 1.46. The molecule has 0 saturated carbocycles. The number of amides is 2. The van der Waals surface area contributed by atoms with Crippen LogP contribution in [0.15, 0.2) is 53.6 Å². The third-order valence-electron chi connectivity index (χ3n) is 4.27. The molecule has 1 N–H and O–H groups in total. The van der Waals surface area contributed by atoms with Gasteiger partial charge in [0, 0.05) is 18.7 Å². The molecule has 0 aliphatic carbocycles. The van der Waals surface area contributed by atoms with E-state index in [1.165, 1.54) is 0 Å². The maximum Gasteiger partial charge on any atom is 0.271 e. The Morgan fingerprint density at radius 1 is 1.18 bits per heavy atom. The molecule has 1 heterocycles. The summed E-state index contributed by atoms with van der Waals surface area (Å²) in [6, 6.07) is 14.4. The first-order chi connectivity index (χ1) is 13.6. The van der Waals surface area contributed by atoms with Gasteiger partial charge < -0.3 is 14.4 Å². The highest BCUT2D eigenvalue weighted by atomic mass is 16.5. The van der Waals surface area contributed by atoms with Gasteiger partial charge in [-0.2, -0.15) is 5.10 Å². The van der Waals surface area contributed by atoms with Crippen molar-refractivity contribution in [3.63, 3.8) is 0 Å². The summed E-state index contributed by atoms with van der Waals surface area (Å²) in [6.07, 6.45) is 1.55. The van der Waals surface area contributed by atoms with Crippen LogP contribution in [0.1, 0.15) is 21.5 Å².